The molecule has 0 radical (unpaired) electrons. The summed E-state index contributed by atoms with van der Waals surface area (Å²) in [5.74, 6) is 1.07. The average Bonchev–Trinajstić information content (AvgIpc) is 2.86. The number of halogens is 1. The molecule has 0 saturated heterocycles. The van der Waals surface area contributed by atoms with E-state index in [-0.39, 0.29) is 0 Å². The molecule has 0 N–H and O–H groups in total. The molecule has 0 amide bonds. The quantitative estimate of drug-likeness (QED) is 0.496. The number of hydrogen-bond acceptors (Lipinski definition) is 0. The molecule has 0 nitrogen and oxygen atoms in total. The fourth-order valence-corrected chi connectivity index (χ4v) is 4.09. The minimum absolute atomic E-state index is 0.523. The lowest BCUT2D eigenvalue weighted by molar-refractivity contribution is 0.591. The van der Waals surface area contributed by atoms with Crippen molar-refractivity contribution in [3.05, 3.63) is 89.0 Å². The molecular weight excluding hydrogens is 312 g/mol. The predicted octanol–water partition coefficient (Wildman–Crippen LogP) is 6.94. The van der Waals surface area contributed by atoms with Crippen molar-refractivity contribution in [1.82, 2.24) is 0 Å². The van der Waals surface area contributed by atoms with E-state index in [1.54, 1.807) is 0 Å². The van der Waals surface area contributed by atoms with Crippen molar-refractivity contribution in [2.75, 3.05) is 0 Å². The molecule has 0 aromatic heterocycles. The summed E-state index contributed by atoms with van der Waals surface area (Å²) in [5.41, 5.74) is 6.88. The van der Waals surface area contributed by atoms with E-state index in [0.29, 0.717) is 11.8 Å². The number of rotatable bonds is 1. The first kappa shape index (κ1) is 15.5. The highest BCUT2D eigenvalue weighted by atomic mass is 35.5. The number of hydrogen-bond donors (Lipinski definition) is 0. The Balaban J connectivity index is 1.85. The molecule has 24 heavy (non-hydrogen) atoms. The molecule has 0 unspecified atom stereocenters. The van der Waals surface area contributed by atoms with Crippen molar-refractivity contribution >= 4 is 17.2 Å². The van der Waals surface area contributed by atoms with E-state index in [4.69, 9.17) is 11.6 Å². The summed E-state index contributed by atoms with van der Waals surface area (Å²) in [6.07, 6.45) is 10.7. The van der Waals surface area contributed by atoms with Crippen molar-refractivity contribution < 1.29 is 0 Å². The summed E-state index contributed by atoms with van der Waals surface area (Å²) in [4.78, 5) is 0. The van der Waals surface area contributed by atoms with Gasteiger partial charge in [0.1, 0.15) is 0 Å². The van der Waals surface area contributed by atoms with Gasteiger partial charge in [0.15, 0.2) is 0 Å². The van der Waals surface area contributed by atoms with E-state index in [1.807, 2.05) is 0 Å². The summed E-state index contributed by atoms with van der Waals surface area (Å²) in [5, 5.41) is 0.902. The van der Waals surface area contributed by atoms with E-state index in [2.05, 4.69) is 79.8 Å². The summed E-state index contributed by atoms with van der Waals surface area (Å²) in [7, 11) is 0. The van der Waals surface area contributed by atoms with Gasteiger partial charge in [-0.1, -0.05) is 85.3 Å². The van der Waals surface area contributed by atoms with E-state index in [1.165, 1.54) is 27.8 Å². The lowest BCUT2D eigenvalue weighted by Crippen LogP contribution is -2.02. The Morgan fingerprint density at radius 1 is 0.917 bits per heavy atom. The Morgan fingerprint density at radius 2 is 1.75 bits per heavy atom. The third-order valence-electron chi connectivity index (χ3n) is 5.28. The zero-order valence-electron chi connectivity index (χ0n) is 13.9. The SMILES string of the molecule is C[C@@H]1/C2=C\C=C(\Cl)C/C=C\C[C@H]1c1cc(-c3ccccc3)ccc12. The van der Waals surface area contributed by atoms with Gasteiger partial charge in [-0.2, -0.15) is 0 Å². The highest BCUT2D eigenvalue weighted by molar-refractivity contribution is 6.29. The van der Waals surface area contributed by atoms with Crippen LogP contribution in [0.25, 0.3) is 16.7 Å². The molecule has 0 saturated carbocycles. The predicted molar refractivity (Wildman–Crippen MR) is 104 cm³/mol. The van der Waals surface area contributed by atoms with Crippen molar-refractivity contribution in [2.24, 2.45) is 5.92 Å². The van der Waals surface area contributed by atoms with Gasteiger partial charge in [-0.05, 0) is 52.2 Å². The molecule has 0 heterocycles. The van der Waals surface area contributed by atoms with Crippen molar-refractivity contribution in [3.63, 3.8) is 0 Å². The van der Waals surface area contributed by atoms with Crippen LogP contribution >= 0.6 is 11.6 Å². The zero-order chi connectivity index (χ0) is 16.5. The Kier molecular flexibility index (Phi) is 4.16. The second kappa shape index (κ2) is 6.45. The van der Waals surface area contributed by atoms with Crippen LogP contribution in [-0.4, -0.2) is 0 Å². The highest BCUT2D eigenvalue weighted by Gasteiger charge is 2.32. The molecule has 2 bridgehead atoms. The fraction of sp³-hybridized carbons (Fsp3) is 0.217. The summed E-state index contributed by atoms with van der Waals surface area (Å²) in [6, 6.07) is 17.6. The van der Waals surface area contributed by atoms with Crippen LogP contribution in [0.4, 0.5) is 0 Å². The van der Waals surface area contributed by atoms with Crippen LogP contribution in [0, 0.1) is 5.92 Å². The molecule has 2 aliphatic rings. The van der Waals surface area contributed by atoms with Gasteiger partial charge >= 0.3 is 0 Å². The van der Waals surface area contributed by atoms with Crippen LogP contribution in [-0.2, 0) is 0 Å². The van der Waals surface area contributed by atoms with E-state index in [0.717, 1.165) is 17.9 Å². The van der Waals surface area contributed by atoms with Crippen LogP contribution in [0.3, 0.4) is 0 Å². The lowest BCUT2D eigenvalue weighted by atomic mass is 9.88. The Labute approximate surface area is 149 Å². The van der Waals surface area contributed by atoms with Gasteiger partial charge in [0.05, 0.1) is 0 Å². The molecule has 2 aromatic rings. The summed E-state index contributed by atoms with van der Waals surface area (Å²) >= 11 is 6.30. The number of fused-ring (bicyclic) bond motifs is 5. The van der Waals surface area contributed by atoms with E-state index in [9.17, 15) is 0 Å². The van der Waals surface area contributed by atoms with Crippen molar-refractivity contribution in [2.45, 2.75) is 25.7 Å². The second-order valence-electron chi connectivity index (χ2n) is 6.71. The topological polar surface area (TPSA) is 0 Å². The third kappa shape index (κ3) is 2.76. The van der Waals surface area contributed by atoms with Crippen molar-refractivity contribution in [1.29, 1.82) is 0 Å². The van der Waals surface area contributed by atoms with Crippen LogP contribution < -0.4 is 0 Å². The Morgan fingerprint density at radius 3 is 2.58 bits per heavy atom. The summed E-state index contributed by atoms with van der Waals surface area (Å²) in [6.45, 7) is 2.34. The second-order valence-corrected chi connectivity index (χ2v) is 7.20. The van der Waals surface area contributed by atoms with Gasteiger partial charge in [-0.15, -0.1) is 0 Å². The fourth-order valence-electron chi connectivity index (χ4n) is 3.93. The number of allylic oxidation sites excluding steroid dienone is 6. The van der Waals surface area contributed by atoms with Gasteiger partial charge in [0.25, 0.3) is 0 Å². The molecule has 2 atom stereocenters. The zero-order valence-corrected chi connectivity index (χ0v) is 14.6. The summed E-state index contributed by atoms with van der Waals surface area (Å²) < 4.78 is 0. The molecule has 0 fully saturated rings. The molecule has 2 aromatic carbocycles. The standard InChI is InChI=1S/C23H21Cl/c1-16-20-10-6-5-9-19(24)12-14-21(16)22-13-11-18(15-23(20)22)17-7-3-2-4-8-17/h2-8,11-16,20H,9-10H2,1H3/b6-5-,19-12+,21-14+/t16-,20+/m0/s1. The average molecular weight is 333 g/mol. The minimum Gasteiger partial charge on any atom is -0.0888 e. The molecule has 0 spiro atoms. The molecule has 1 heteroatoms. The van der Waals surface area contributed by atoms with Crippen LogP contribution in [0.1, 0.15) is 36.8 Å². The Hall–Kier alpha value is -2.05. The first-order valence-electron chi connectivity index (χ1n) is 8.65. The lowest BCUT2D eigenvalue weighted by Gasteiger charge is -2.16. The van der Waals surface area contributed by atoms with E-state index >= 15 is 0 Å². The van der Waals surface area contributed by atoms with Crippen LogP contribution in [0.5, 0.6) is 0 Å². The maximum absolute atomic E-state index is 6.30. The maximum atomic E-state index is 6.30. The first-order valence-corrected chi connectivity index (χ1v) is 9.03. The largest absolute Gasteiger partial charge is 0.0888 e. The number of benzene rings is 2. The van der Waals surface area contributed by atoms with Crippen LogP contribution in [0.15, 0.2) is 77.9 Å². The van der Waals surface area contributed by atoms with Gasteiger partial charge in [0, 0.05) is 11.5 Å². The van der Waals surface area contributed by atoms with Crippen LogP contribution in [0.2, 0.25) is 0 Å². The molecule has 0 aliphatic heterocycles. The van der Waals surface area contributed by atoms with Gasteiger partial charge in [-0.25, -0.2) is 0 Å². The normalized spacial score (nSPS) is 28.2. The van der Waals surface area contributed by atoms with Gasteiger partial charge in [0.2, 0.25) is 0 Å². The monoisotopic (exact) mass is 332 g/mol. The smallest absolute Gasteiger partial charge is 0.0218 e. The highest BCUT2D eigenvalue weighted by Crippen LogP contribution is 2.49. The molecular formula is C23H21Cl. The third-order valence-corrected chi connectivity index (χ3v) is 5.56. The van der Waals surface area contributed by atoms with E-state index < -0.39 is 0 Å². The van der Waals surface area contributed by atoms with Crippen molar-refractivity contribution in [3.8, 4) is 11.1 Å². The molecule has 2 aliphatic carbocycles. The van der Waals surface area contributed by atoms with Gasteiger partial charge < -0.3 is 0 Å². The van der Waals surface area contributed by atoms with Gasteiger partial charge in [-0.3, -0.25) is 0 Å². The molecule has 4 rings (SSSR count). The molecule has 120 valence electrons. The Bertz CT molecular complexity index is 840. The first-order chi connectivity index (χ1) is 11.7. The minimum atomic E-state index is 0.523. The maximum Gasteiger partial charge on any atom is 0.0218 e.